The van der Waals surface area contributed by atoms with Gasteiger partial charge in [-0.25, -0.2) is 0 Å². The van der Waals surface area contributed by atoms with Gasteiger partial charge in [-0.1, -0.05) is 6.07 Å². The van der Waals surface area contributed by atoms with E-state index in [4.69, 9.17) is 4.74 Å². The molecule has 1 heterocycles. The maximum atomic E-state index is 12.3. The summed E-state index contributed by atoms with van der Waals surface area (Å²) < 4.78 is 5.32. The fraction of sp³-hybridized carbons (Fsp3) is 0.500. The Morgan fingerprint density at radius 3 is 3.00 bits per heavy atom. The third-order valence-electron chi connectivity index (χ3n) is 3.36. The minimum absolute atomic E-state index is 0.0336. The maximum Gasteiger partial charge on any atom is 0.311 e. The van der Waals surface area contributed by atoms with E-state index in [1.165, 1.54) is 12.1 Å². The van der Waals surface area contributed by atoms with Crippen LogP contribution >= 0.6 is 0 Å². The first-order valence-corrected chi connectivity index (χ1v) is 7.05. The molecule has 0 unspecified atom stereocenters. The fourth-order valence-electron chi connectivity index (χ4n) is 2.38. The number of ether oxygens (including phenoxy) is 1. The van der Waals surface area contributed by atoms with Gasteiger partial charge in [-0.3, -0.25) is 14.9 Å². The van der Waals surface area contributed by atoms with Gasteiger partial charge in [0.15, 0.2) is 0 Å². The lowest BCUT2D eigenvalue weighted by molar-refractivity contribution is -0.385. The number of carbonyl (C=O) groups excluding carboxylic acids is 1. The molecule has 7 heteroatoms. The quantitative estimate of drug-likeness (QED) is 0.633. The van der Waals surface area contributed by atoms with Crippen LogP contribution in [0, 0.1) is 10.1 Å². The van der Waals surface area contributed by atoms with Crippen LogP contribution in [0.25, 0.3) is 0 Å². The van der Waals surface area contributed by atoms with E-state index in [9.17, 15) is 14.9 Å². The van der Waals surface area contributed by atoms with Gasteiger partial charge in [0.05, 0.1) is 17.1 Å². The summed E-state index contributed by atoms with van der Waals surface area (Å²) in [6.07, 6.45) is 1.90. The number of rotatable bonds is 5. The molecule has 0 spiro atoms. The van der Waals surface area contributed by atoms with E-state index < -0.39 is 4.92 Å². The smallest absolute Gasteiger partial charge is 0.311 e. The predicted molar refractivity (Wildman–Crippen MR) is 77.6 cm³/mol. The van der Waals surface area contributed by atoms with Crippen LogP contribution in [-0.2, 0) is 0 Å². The van der Waals surface area contributed by atoms with Crippen LogP contribution in [0.1, 0.15) is 30.1 Å². The Balaban J connectivity index is 2.22. The number of nitro groups is 1. The first-order valence-electron chi connectivity index (χ1n) is 7.05. The van der Waals surface area contributed by atoms with Crippen LogP contribution in [0.5, 0.6) is 5.75 Å². The van der Waals surface area contributed by atoms with Crippen molar-refractivity contribution in [2.24, 2.45) is 0 Å². The first kappa shape index (κ1) is 15.2. The summed E-state index contributed by atoms with van der Waals surface area (Å²) in [5, 5.41) is 17.1. The van der Waals surface area contributed by atoms with Crippen molar-refractivity contribution in [3.63, 3.8) is 0 Å². The Kier molecular flexibility index (Phi) is 5.10. The Hall–Kier alpha value is -2.15. The molecule has 0 aromatic heterocycles. The van der Waals surface area contributed by atoms with E-state index in [0.29, 0.717) is 6.54 Å². The highest BCUT2D eigenvalue weighted by Gasteiger charge is 2.24. The number of nitro benzene ring substituents is 1. The number of hydrogen-bond acceptors (Lipinski definition) is 5. The molecule has 7 nitrogen and oxygen atoms in total. The van der Waals surface area contributed by atoms with Gasteiger partial charge in [0.1, 0.15) is 0 Å². The van der Waals surface area contributed by atoms with Gasteiger partial charge in [-0.05, 0) is 32.4 Å². The van der Waals surface area contributed by atoms with Gasteiger partial charge >= 0.3 is 5.69 Å². The minimum Gasteiger partial charge on any atom is -0.487 e. The normalized spacial score (nSPS) is 18.0. The zero-order valence-corrected chi connectivity index (χ0v) is 11.9. The molecule has 1 atom stereocenters. The second-order valence-electron chi connectivity index (χ2n) is 4.86. The number of benzene rings is 1. The van der Waals surface area contributed by atoms with Crippen LogP contribution in [-0.4, -0.2) is 36.6 Å². The summed E-state index contributed by atoms with van der Waals surface area (Å²) in [6, 6.07) is 4.42. The number of piperidine rings is 1. The third-order valence-corrected chi connectivity index (χ3v) is 3.36. The predicted octanol–water partition coefficient (Wildman–Crippen LogP) is 1.48. The molecule has 1 aromatic rings. The lowest BCUT2D eigenvalue weighted by Gasteiger charge is -2.24. The van der Waals surface area contributed by atoms with Crippen molar-refractivity contribution < 1.29 is 14.5 Å². The average Bonchev–Trinajstić information content (AvgIpc) is 2.48. The van der Waals surface area contributed by atoms with Crippen molar-refractivity contribution in [2.45, 2.75) is 25.8 Å². The molecular weight excluding hydrogens is 274 g/mol. The van der Waals surface area contributed by atoms with E-state index in [1.54, 1.807) is 13.0 Å². The van der Waals surface area contributed by atoms with E-state index in [2.05, 4.69) is 10.6 Å². The number of para-hydroxylation sites is 1. The molecule has 1 amide bonds. The summed E-state index contributed by atoms with van der Waals surface area (Å²) in [6.45, 7) is 3.65. The van der Waals surface area contributed by atoms with Crippen molar-refractivity contribution in [3.05, 3.63) is 33.9 Å². The van der Waals surface area contributed by atoms with Crippen molar-refractivity contribution in [1.82, 2.24) is 10.6 Å². The number of amides is 1. The van der Waals surface area contributed by atoms with Crippen LogP contribution in [0.2, 0.25) is 0 Å². The van der Waals surface area contributed by atoms with E-state index >= 15 is 0 Å². The summed E-state index contributed by atoms with van der Waals surface area (Å²) in [5.74, 6) is -0.304. The molecule has 1 aliphatic rings. The Morgan fingerprint density at radius 1 is 1.57 bits per heavy atom. The molecule has 1 aliphatic heterocycles. The van der Waals surface area contributed by atoms with E-state index in [0.717, 1.165) is 19.4 Å². The summed E-state index contributed by atoms with van der Waals surface area (Å²) in [4.78, 5) is 22.8. The van der Waals surface area contributed by atoms with Crippen molar-refractivity contribution in [2.75, 3.05) is 19.7 Å². The van der Waals surface area contributed by atoms with Crippen LogP contribution in [0.15, 0.2) is 18.2 Å². The number of carbonyl (C=O) groups is 1. The van der Waals surface area contributed by atoms with Gasteiger partial charge in [0, 0.05) is 18.7 Å². The van der Waals surface area contributed by atoms with Gasteiger partial charge in [0.25, 0.3) is 5.91 Å². The van der Waals surface area contributed by atoms with Gasteiger partial charge in [0.2, 0.25) is 5.75 Å². The van der Waals surface area contributed by atoms with Crippen molar-refractivity contribution in [1.29, 1.82) is 0 Å². The highest BCUT2D eigenvalue weighted by Crippen LogP contribution is 2.31. The lowest BCUT2D eigenvalue weighted by Crippen LogP contribution is -2.45. The van der Waals surface area contributed by atoms with Crippen LogP contribution in [0.4, 0.5) is 5.69 Å². The van der Waals surface area contributed by atoms with Gasteiger partial charge < -0.3 is 15.4 Å². The largest absolute Gasteiger partial charge is 0.487 e. The van der Waals surface area contributed by atoms with Crippen LogP contribution in [0.3, 0.4) is 0 Å². The molecule has 0 aliphatic carbocycles. The number of nitrogens with zero attached hydrogens (tertiary/aromatic N) is 1. The fourth-order valence-corrected chi connectivity index (χ4v) is 2.38. The highest BCUT2D eigenvalue weighted by molar-refractivity contribution is 5.98. The van der Waals surface area contributed by atoms with E-state index in [-0.39, 0.29) is 35.6 Å². The average molecular weight is 293 g/mol. The number of hydrogen-bond donors (Lipinski definition) is 2. The molecule has 21 heavy (non-hydrogen) atoms. The molecule has 2 N–H and O–H groups in total. The Labute approximate surface area is 122 Å². The molecule has 0 radical (unpaired) electrons. The molecule has 0 bridgehead atoms. The molecule has 0 saturated carbocycles. The van der Waals surface area contributed by atoms with E-state index in [1.807, 2.05) is 0 Å². The second-order valence-corrected chi connectivity index (χ2v) is 4.86. The zero-order valence-electron chi connectivity index (χ0n) is 11.9. The topological polar surface area (TPSA) is 93.5 Å². The Bertz CT molecular complexity index is 527. The minimum atomic E-state index is -0.538. The summed E-state index contributed by atoms with van der Waals surface area (Å²) in [7, 11) is 0. The van der Waals surface area contributed by atoms with Crippen molar-refractivity contribution in [3.8, 4) is 5.75 Å². The van der Waals surface area contributed by atoms with Crippen molar-refractivity contribution >= 4 is 11.6 Å². The Morgan fingerprint density at radius 2 is 2.38 bits per heavy atom. The second kappa shape index (κ2) is 7.03. The monoisotopic (exact) mass is 293 g/mol. The third kappa shape index (κ3) is 3.69. The first-order chi connectivity index (χ1) is 10.1. The summed E-state index contributed by atoms with van der Waals surface area (Å²) >= 11 is 0. The summed E-state index contributed by atoms with van der Waals surface area (Å²) in [5.41, 5.74) is 0.0166. The molecular formula is C14H19N3O4. The zero-order chi connectivity index (χ0) is 15.2. The standard InChI is InChI=1S/C14H19N3O4/c1-2-21-13-11(6-3-7-12(13)17(19)20)14(18)16-10-5-4-8-15-9-10/h3,6-7,10,15H,2,4-5,8-9H2,1H3,(H,16,18)/t10-/m1/s1. The maximum absolute atomic E-state index is 12.3. The SMILES string of the molecule is CCOc1c(C(=O)N[C@@H]2CCCNC2)cccc1[N+](=O)[O-]. The molecule has 1 fully saturated rings. The lowest BCUT2D eigenvalue weighted by atomic mass is 10.1. The molecule has 2 rings (SSSR count). The molecule has 1 aromatic carbocycles. The number of nitrogens with one attached hydrogen (secondary N) is 2. The molecule has 114 valence electrons. The van der Waals surface area contributed by atoms with Crippen LogP contribution < -0.4 is 15.4 Å². The highest BCUT2D eigenvalue weighted by atomic mass is 16.6. The van der Waals surface area contributed by atoms with Gasteiger partial charge in [-0.2, -0.15) is 0 Å². The van der Waals surface area contributed by atoms with Gasteiger partial charge in [-0.15, -0.1) is 0 Å². The molecule has 1 saturated heterocycles.